The van der Waals surface area contributed by atoms with Gasteiger partial charge in [-0.3, -0.25) is 0 Å². The average Bonchev–Trinajstić information content (AvgIpc) is 2.32. The molecule has 0 aliphatic rings. The van der Waals surface area contributed by atoms with Crippen molar-refractivity contribution in [2.24, 2.45) is 5.73 Å². The molecule has 0 saturated carbocycles. The molecule has 2 nitrogen and oxygen atoms in total. The SMILES string of the molecule is Cc1cc(Cl)ccc1Nc1ccc(C(N)=S)c(F)c1. The number of hydrogen-bond donors (Lipinski definition) is 2. The van der Waals surface area contributed by atoms with Crippen LogP contribution in [0, 0.1) is 12.7 Å². The van der Waals surface area contributed by atoms with Gasteiger partial charge in [0, 0.05) is 22.0 Å². The average molecular weight is 295 g/mol. The van der Waals surface area contributed by atoms with Crippen LogP contribution in [0.15, 0.2) is 36.4 Å². The lowest BCUT2D eigenvalue weighted by Crippen LogP contribution is -2.11. The fourth-order valence-corrected chi connectivity index (χ4v) is 2.11. The van der Waals surface area contributed by atoms with E-state index in [1.54, 1.807) is 18.2 Å². The van der Waals surface area contributed by atoms with E-state index in [-0.39, 0.29) is 10.6 Å². The topological polar surface area (TPSA) is 38.0 Å². The van der Waals surface area contributed by atoms with Gasteiger partial charge in [0.2, 0.25) is 0 Å². The first-order valence-corrected chi connectivity index (χ1v) is 6.38. The number of rotatable bonds is 3. The van der Waals surface area contributed by atoms with Gasteiger partial charge in [0.05, 0.1) is 0 Å². The molecule has 0 aromatic heterocycles. The molecule has 0 unspecified atom stereocenters. The Hall–Kier alpha value is -1.65. The van der Waals surface area contributed by atoms with Crippen molar-refractivity contribution in [1.82, 2.24) is 0 Å². The summed E-state index contributed by atoms with van der Waals surface area (Å²) in [6.07, 6.45) is 0. The fourth-order valence-electron chi connectivity index (χ4n) is 1.72. The van der Waals surface area contributed by atoms with Crippen LogP contribution in [-0.2, 0) is 0 Å². The minimum absolute atomic E-state index is 0.0479. The van der Waals surface area contributed by atoms with E-state index in [2.05, 4.69) is 5.32 Å². The first-order chi connectivity index (χ1) is 8.97. The van der Waals surface area contributed by atoms with Gasteiger partial charge >= 0.3 is 0 Å². The van der Waals surface area contributed by atoms with Gasteiger partial charge in [-0.1, -0.05) is 23.8 Å². The third-order valence-electron chi connectivity index (χ3n) is 2.70. The van der Waals surface area contributed by atoms with Gasteiger partial charge in [-0.25, -0.2) is 4.39 Å². The van der Waals surface area contributed by atoms with Gasteiger partial charge in [-0.05, 0) is 48.9 Å². The Morgan fingerprint density at radius 3 is 2.58 bits per heavy atom. The van der Waals surface area contributed by atoms with E-state index >= 15 is 0 Å². The van der Waals surface area contributed by atoms with Crippen molar-refractivity contribution in [2.45, 2.75) is 6.92 Å². The normalized spacial score (nSPS) is 10.3. The second-order valence-electron chi connectivity index (χ2n) is 4.14. The summed E-state index contributed by atoms with van der Waals surface area (Å²) in [5.41, 5.74) is 8.13. The summed E-state index contributed by atoms with van der Waals surface area (Å²) in [5, 5.41) is 3.79. The second kappa shape index (κ2) is 5.55. The number of halogens is 2. The molecule has 0 amide bonds. The Morgan fingerprint density at radius 1 is 1.26 bits per heavy atom. The molecular formula is C14H12ClFN2S. The van der Waals surface area contributed by atoms with Crippen molar-refractivity contribution < 1.29 is 4.39 Å². The van der Waals surface area contributed by atoms with E-state index in [0.717, 1.165) is 11.3 Å². The minimum Gasteiger partial charge on any atom is -0.389 e. The first-order valence-electron chi connectivity index (χ1n) is 5.60. The second-order valence-corrected chi connectivity index (χ2v) is 5.02. The van der Waals surface area contributed by atoms with Crippen molar-refractivity contribution in [3.8, 4) is 0 Å². The van der Waals surface area contributed by atoms with Crippen LogP contribution < -0.4 is 11.1 Å². The lowest BCUT2D eigenvalue weighted by Gasteiger charge is -2.11. The van der Waals surface area contributed by atoms with E-state index in [9.17, 15) is 4.39 Å². The Balaban J connectivity index is 2.29. The minimum atomic E-state index is -0.441. The predicted molar refractivity (Wildman–Crippen MR) is 81.8 cm³/mol. The van der Waals surface area contributed by atoms with Crippen molar-refractivity contribution in [3.63, 3.8) is 0 Å². The van der Waals surface area contributed by atoms with Gasteiger partial charge in [-0.15, -0.1) is 0 Å². The maximum absolute atomic E-state index is 13.7. The van der Waals surface area contributed by atoms with Crippen LogP contribution in [0.4, 0.5) is 15.8 Å². The highest BCUT2D eigenvalue weighted by Crippen LogP contribution is 2.24. The summed E-state index contributed by atoms with van der Waals surface area (Å²) < 4.78 is 13.7. The highest BCUT2D eigenvalue weighted by atomic mass is 35.5. The van der Waals surface area contributed by atoms with Crippen LogP contribution in [0.3, 0.4) is 0 Å². The number of nitrogens with one attached hydrogen (secondary N) is 1. The molecule has 98 valence electrons. The summed E-state index contributed by atoms with van der Waals surface area (Å²) in [6, 6.07) is 10.1. The molecule has 2 aromatic rings. The van der Waals surface area contributed by atoms with Crippen molar-refractivity contribution in [3.05, 3.63) is 58.4 Å². The summed E-state index contributed by atoms with van der Waals surface area (Å²) >= 11 is 10.6. The van der Waals surface area contributed by atoms with Crippen LogP contribution >= 0.6 is 23.8 Å². The smallest absolute Gasteiger partial charge is 0.135 e. The van der Waals surface area contributed by atoms with E-state index in [0.29, 0.717) is 10.7 Å². The number of benzene rings is 2. The zero-order valence-electron chi connectivity index (χ0n) is 10.2. The van der Waals surface area contributed by atoms with Crippen LogP contribution in [0.1, 0.15) is 11.1 Å². The van der Waals surface area contributed by atoms with Crippen molar-refractivity contribution in [2.75, 3.05) is 5.32 Å². The van der Waals surface area contributed by atoms with Gasteiger partial charge in [-0.2, -0.15) is 0 Å². The van der Waals surface area contributed by atoms with E-state index < -0.39 is 5.82 Å². The Bertz CT molecular complexity index is 643. The molecule has 2 aromatic carbocycles. The summed E-state index contributed by atoms with van der Waals surface area (Å²) in [5.74, 6) is -0.441. The molecular weight excluding hydrogens is 283 g/mol. The molecule has 0 heterocycles. The monoisotopic (exact) mass is 294 g/mol. The fraction of sp³-hybridized carbons (Fsp3) is 0.0714. The number of nitrogens with two attached hydrogens (primary N) is 1. The summed E-state index contributed by atoms with van der Waals surface area (Å²) in [6.45, 7) is 1.92. The number of thiocarbonyl (C=S) groups is 1. The van der Waals surface area contributed by atoms with Gasteiger partial charge < -0.3 is 11.1 Å². The predicted octanol–water partition coefficient (Wildman–Crippen LogP) is 4.17. The molecule has 0 spiro atoms. The van der Waals surface area contributed by atoms with Crippen LogP contribution in [0.2, 0.25) is 5.02 Å². The lowest BCUT2D eigenvalue weighted by atomic mass is 10.1. The summed E-state index contributed by atoms with van der Waals surface area (Å²) in [7, 11) is 0. The van der Waals surface area contributed by atoms with E-state index in [1.807, 2.05) is 19.1 Å². The highest BCUT2D eigenvalue weighted by Gasteiger charge is 2.07. The Morgan fingerprint density at radius 2 is 2.00 bits per heavy atom. The molecule has 3 N–H and O–H groups in total. The highest BCUT2D eigenvalue weighted by molar-refractivity contribution is 7.80. The zero-order chi connectivity index (χ0) is 14.0. The Labute approximate surface area is 121 Å². The van der Waals surface area contributed by atoms with Crippen LogP contribution in [0.25, 0.3) is 0 Å². The number of hydrogen-bond acceptors (Lipinski definition) is 2. The van der Waals surface area contributed by atoms with Crippen LogP contribution in [-0.4, -0.2) is 4.99 Å². The van der Waals surface area contributed by atoms with Gasteiger partial charge in [0.1, 0.15) is 10.8 Å². The molecule has 5 heteroatoms. The number of anilines is 2. The molecule has 19 heavy (non-hydrogen) atoms. The largest absolute Gasteiger partial charge is 0.389 e. The standard InChI is InChI=1S/C14H12ClFN2S/c1-8-6-9(15)2-5-13(8)18-10-3-4-11(14(17)19)12(16)7-10/h2-7,18H,1H3,(H2,17,19). The van der Waals surface area contributed by atoms with Crippen molar-refractivity contribution in [1.29, 1.82) is 0 Å². The van der Waals surface area contributed by atoms with Gasteiger partial charge in [0.15, 0.2) is 0 Å². The van der Waals surface area contributed by atoms with E-state index in [1.165, 1.54) is 6.07 Å². The zero-order valence-corrected chi connectivity index (χ0v) is 11.8. The number of aryl methyl sites for hydroxylation is 1. The quantitative estimate of drug-likeness (QED) is 0.835. The van der Waals surface area contributed by atoms with Crippen LogP contribution in [0.5, 0.6) is 0 Å². The van der Waals surface area contributed by atoms with Gasteiger partial charge in [0.25, 0.3) is 0 Å². The Kier molecular flexibility index (Phi) is 4.02. The third kappa shape index (κ3) is 3.22. The molecule has 0 aliphatic heterocycles. The molecule has 0 aliphatic carbocycles. The maximum atomic E-state index is 13.7. The molecule has 0 atom stereocenters. The molecule has 2 rings (SSSR count). The van der Waals surface area contributed by atoms with Crippen molar-refractivity contribution >= 4 is 40.2 Å². The molecule has 0 radical (unpaired) electrons. The lowest BCUT2D eigenvalue weighted by molar-refractivity contribution is 0.626. The third-order valence-corrected chi connectivity index (χ3v) is 3.16. The maximum Gasteiger partial charge on any atom is 0.135 e. The molecule has 0 fully saturated rings. The summed E-state index contributed by atoms with van der Waals surface area (Å²) in [4.78, 5) is 0.0479. The van der Waals surface area contributed by atoms with E-state index in [4.69, 9.17) is 29.6 Å². The first kappa shape index (κ1) is 13.8. The molecule has 0 saturated heterocycles. The molecule has 0 bridgehead atoms.